The summed E-state index contributed by atoms with van der Waals surface area (Å²) in [5.41, 5.74) is 0.309. The van der Waals surface area contributed by atoms with Crippen LogP contribution in [0.5, 0.6) is 11.8 Å². The van der Waals surface area contributed by atoms with E-state index in [4.69, 9.17) is 40.5 Å². The van der Waals surface area contributed by atoms with Crippen LogP contribution in [0, 0.1) is 5.41 Å². The molecule has 10 nitrogen and oxygen atoms in total. The molecule has 4 heterocycles. The third-order valence-electron chi connectivity index (χ3n) is 8.34. The largest absolute Gasteiger partial charge is 0.490 e. The average molecular weight is 669 g/mol. The zero-order chi connectivity index (χ0) is 30.1. The standard InChI is InChI=1S/C30H43BrClN5O5/c1-6-40-25-23(31)22(32)17-21-24(25)33-27(41-20-7-11-35(12-8-20)15-16-39-5)34-26(21)36-13-9-30(10-14-36)18-37(19-30)28(38)42-29(2,3)4/h17,20H,6-16,18-19H2,1-5H3. The van der Waals surface area contributed by atoms with E-state index in [9.17, 15) is 4.79 Å². The molecule has 0 unspecified atom stereocenters. The summed E-state index contributed by atoms with van der Waals surface area (Å²) in [7, 11) is 1.74. The first-order chi connectivity index (χ1) is 20.0. The second-order valence-corrected chi connectivity index (χ2v) is 13.8. The van der Waals surface area contributed by atoms with Crippen LogP contribution >= 0.6 is 27.5 Å². The minimum absolute atomic E-state index is 0.0406. The zero-order valence-corrected chi connectivity index (χ0v) is 27.7. The highest BCUT2D eigenvalue weighted by Gasteiger charge is 2.48. The number of halogens is 2. The molecule has 3 aliphatic heterocycles. The number of anilines is 1. The minimum atomic E-state index is -0.491. The highest BCUT2D eigenvalue weighted by molar-refractivity contribution is 9.10. The van der Waals surface area contributed by atoms with Crippen molar-refractivity contribution in [2.24, 2.45) is 5.41 Å². The molecule has 1 aromatic carbocycles. The quantitative estimate of drug-likeness (QED) is 0.348. The Bertz CT molecular complexity index is 1270. The van der Waals surface area contributed by atoms with Gasteiger partial charge in [-0.15, -0.1) is 0 Å². The van der Waals surface area contributed by atoms with Crippen molar-refractivity contribution in [3.05, 3.63) is 15.6 Å². The molecule has 3 aliphatic rings. The Kier molecular flexibility index (Phi) is 9.61. The minimum Gasteiger partial charge on any atom is -0.490 e. The Labute approximate surface area is 262 Å². The Morgan fingerprint density at radius 2 is 1.83 bits per heavy atom. The van der Waals surface area contributed by atoms with Gasteiger partial charge < -0.3 is 33.6 Å². The fourth-order valence-electron chi connectivity index (χ4n) is 6.06. The molecule has 0 bridgehead atoms. The van der Waals surface area contributed by atoms with Crippen LogP contribution in [0.4, 0.5) is 10.6 Å². The van der Waals surface area contributed by atoms with Gasteiger partial charge in [0, 0.05) is 63.7 Å². The van der Waals surface area contributed by atoms with Crippen molar-refractivity contribution in [3.8, 4) is 11.8 Å². The summed E-state index contributed by atoms with van der Waals surface area (Å²) in [5, 5.41) is 1.39. The second kappa shape index (κ2) is 12.9. The number of carbonyl (C=O) groups excluding carboxylic acids is 1. The van der Waals surface area contributed by atoms with Crippen molar-refractivity contribution in [3.63, 3.8) is 0 Å². The number of hydrogen-bond donors (Lipinski definition) is 0. The molecule has 0 saturated carbocycles. The van der Waals surface area contributed by atoms with E-state index in [1.54, 1.807) is 7.11 Å². The Hall–Kier alpha value is -2.08. The second-order valence-electron chi connectivity index (χ2n) is 12.6. The first kappa shape index (κ1) is 31.3. The van der Waals surface area contributed by atoms with E-state index in [1.165, 1.54) is 0 Å². The lowest BCUT2D eigenvalue weighted by molar-refractivity contribution is -0.0434. The molecule has 3 saturated heterocycles. The van der Waals surface area contributed by atoms with Crippen LogP contribution in [0.3, 0.4) is 0 Å². The molecule has 1 spiro atoms. The van der Waals surface area contributed by atoms with Crippen molar-refractivity contribution in [2.75, 3.05) is 71.0 Å². The number of nitrogens with zero attached hydrogens (tertiary/aromatic N) is 5. The van der Waals surface area contributed by atoms with Crippen molar-refractivity contribution >= 4 is 50.3 Å². The van der Waals surface area contributed by atoms with Crippen molar-refractivity contribution in [1.82, 2.24) is 19.8 Å². The number of fused-ring (bicyclic) bond motifs is 1. The van der Waals surface area contributed by atoms with Crippen LogP contribution in [0.25, 0.3) is 10.9 Å². The lowest BCUT2D eigenvalue weighted by Gasteiger charge is -2.53. The van der Waals surface area contributed by atoms with E-state index < -0.39 is 5.60 Å². The van der Waals surface area contributed by atoms with Gasteiger partial charge in [0.1, 0.15) is 23.0 Å². The van der Waals surface area contributed by atoms with E-state index in [0.29, 0.717) is 33.4 Å². The normalized spacial score (nSPS) is 19.7. The third kappa shape index (κ3) is 7.00. The molecule has 0 aliphatic carbocycles. The molecule has 12 heteroatoms. The Balaban J connectivity index is 1.35. The molecule has 2 aromatic rings. The molecule has 3 fully saturated rings. The van der Waals surface area contributed by atoms with Gasteiger partial charge in [-0.2, -0.15) is 9.97 Å². The smallest absolute Gasteiger partial charge is 0.410 e. The molecule has 5 rings (SSSR count). The van der Waals surface area contributed by atoms with E-state index in [0.717, 1.165) is 89.3 Å². The lowest BCUT2D eigenvalue weighted by Crippen LogP contribution is -2.62. The maximum atomic E-state index is 12.5. The van der Waals surface area contributed by atoms with E-state index >= 15 is 0 Å². The topological polar surface area (TPSA) is 89.5 Å². The number of ether oxygens (including phenoxy) is 4. The Morgan fingerprint density at radius 3 is 2.45 bits per heavy atom. The van der Waals surface area contributed by atoms with Crippen LogP contribution in [-0.2, 0) is 9.47 Å². The van der Waals surface area contributed by atoms with Gasteiger partial charge >= 0.3 is 12.1 Å². The fraction of sp³-hybridized carbons (Fsp3) is 0.700. The van der Waals surface area contributed by atoms with Crippen molar-refractivity contribution < 1.29 is 23.7 Å². The van der Waals surface area contributed by atoms with E-state index in [-0.39, 0.29) is 17.6 Å². The number of methoxy groups -OCH3 is 1. The first-order valence-corrected chi connectivity index (χ1v) is 16.1. The van der Waals surface area contributed by atoms with Crippen molar-refractivity contribution in [2.45, 2.75) is 65.1 Å². The van der Waals surface area contributed by atoms with Crippen LogP contribution in [-0.4, -0.2) is 104 Å². The summed E-state index contributed by atoms with van der Waals surface area (Å²) < 4.78 is 24.0. The summed E-state index contributed by atoms with van der Waals surface area (Å²) in [4.78, 5) is 28.9. The number of carbonyl (C=O) groups is 1. The monoisotopic (exact) mass is 667 g/mol. The molecule has 232 valence electrons. The highest BCUT2D eigenvalue weighted by Crippen LogP contribution is 2.45. The number of piperidine rings is 2. The maximum Gasteiger partial charge on any atom is 0.410 e. The van der Waals surface area contributed by atoms with Crippen LogP contribution in [0.2, 0.25) is 5.02 Å². The SMILES string of the molecule is CCOc1c(Br)c(Cl)cc2c(N3CCC4(CC3)CN(C(=O)OC(C)(C)C)C4)nc(OC3CCN(CCOC)CC3)nc12. The highest BCUT2D eigenvalue weighted by atomic mass is 79.9. The fourth-order valence-corrected chi connectivity index (χ4v) is 6.68. The molecular weight excluding hydrogens is 626 g/mol. The van der Waals surface area contributed by atoms with E-state index in [1.807, 2.05) is 38.7 Å². The molecular formula is C30H43BrClN5O5. The lowest BCUT2D eigenvalue weighted by atomic mass is 9.72. The van der Waals surface area contributed by atoms with Crippen LogP contribution in [0.1, 0.15) is 53.4 Å². The molecule has 42 heavy (non-hydrogen) atoms. The summed E-state index contributed by atoms with van der Waals surface area (Å²) in [6.45, 7) is 14.8. The molecule has 1 amide bonds. The van der Waals surface area contributed by atoms with Gasteiger partial charge in [0.25, 0.3) is 0 Å². The summed E-state index contributed by atoms with van der Waals surface area (Å²) in [6.07, 6.45) is 3.53. The van der Waals surface area contributed by atoms with Gasteiger partial charge in [0.15, 0.2) is 5.75 Å². The van der Waals surface area contributed by atoms with Gasteiger partial charge in [-0.05, 0) is 75.4 Å². The summed E-state index contributed by atoms with van der Waals surface area (Å²) >= 11 is 10.3. The number of rotatable bonds is 8. The zero-order valence-electron chi connectivity index (χ0n) is 25.4. The maximum absolute atomic E-state index is 12.5. The van der Waals surface area contributed by atoms with E-state index in [2.05, 4.69) is 25.7 Å². The average Bonchev–Trinajstić information content (AvgIpc) is 2.93. The summed E-state index contributed by atoms with van der Waals surface area (Å²) in [6, 6.07) is 2.28. The van der Waals surface area contributed by atoms with Gasteiger partial charge in [0.05, 0.1) is 22.7 Å². The molecule has 0 N–H and O–H groups in total. The number of aromatic nitrogens is 2. The summed E-state index contributed by atoms with van der Waals surface area (Å²) in [5.74, 6) is 1.41. The Morgan fingerprint density at radius 1 is 1.14 bits per heavy atom. The predicted molar refractivity (Wildman–Crippen MR) is 167 cm³/mol. The van der Waals surface area contributed by atoms with Gasteiger partial charge in [-0.1, -0.05) is 11.6 Å². The molecule has 0 atom stereocenters. The number of likely N-dealkylation sites (tertiary alicyclic amines) is 2. The van der Waals surface area contributed by atoms with Crippen LogP contribution in [0.15, 0.2) is 10.5 Å². The van der Waals surface area contributed by atoms with Crippen LogP contribution < -0.4 is 14.4 Å². The van der Waals surface area contributed by atoms with Crippen molar-refractivity contribution in [1.29, 1.82) is 0 Å². The molecule has 0 radical (unpaired) electrons. The van der Waals surface area contributed by atoms with Gasteiger partial charge in [-0.25, -0.2) is 4.79 Å². The first-order valence-electron chi connectivity index (χ1n) is 14.9. The molecule has 1 aromatic heterocycles. The predicted octanol–water partition coefficient (Wildman–Crippen LogP) is 5.77. The number of benzene rings is 1. The number of amides is 1. The third-order valence-corrected chi connectivity index (χ3v) is 9.65. The van der Waals surface area contributed by atoms with Gasteiger partial charge in [-0.3, -0.25) is 0 Å². The van der Waals surface area contributed by atoms with Gasteiger partial charge in [0.2, 0.25) is 0 Å². The number of hydrogen-bond acceptors (Lipinski definition) is 9.